The minimum atomic E-state index is -1.55. The first kappa shape index (κ1) is 49.9. The SMILES string of the molecule is CCCCCCC/C=C/CCCC[C@@H](O)[C@H](CO[C@H]1O[C@@H](CO)[C@H](O)C(O)C1O)NC(=O)CCCCCCCCCCCCCCCCCCCCC. The van der Waals surface area contributed by atoms with E-state index in [1.165, 1.54) is 135 Å². The number of aliphatic hydroxyl groups excluding tert-OH is 5. The Morgan fingerprint density at radius 2 is 1.06 bits per heavy atom. The summed E-state index contributed by atoms with van der Waals surface area (Å²) in [6.07, 6.45) is 32.3. The highest BCUT2D eigenvalue weighted by molar-refractivity contribution is 5.76. The van der Waals surface area contributed by atoms with Gasteiger partial charge in [0.2, 0.25) is 5.91 Å². The summed E-state index contributed by atoms with van der Waals surface area (Å²) < 4.78 is 11.2. The first-order valence-corrected chi connectivity index (χ1v) is 22.4. The molecule has 2 unspecified atom stereocenters. The van der Waals surface area contributed by atoms with E-state index in [4.69, 9.17) is 9.47 Å². The molecule has 0 radical (unpaired) electrons. The van der Waals surface area contributed by atoms with E-state index in [9.17, 15) is 30.3 Å². The molecule has 0 aromatic carbocycles. The second-order valence-electron chi connectivity index (χ2n) is 15.8. The standard InChI is InChI=1S/C44H85NO8/c1-3-5-7-9-11-13-15-16-17-18-19-20-21-22-24-26-28-30-32-34-40(48)45-37(36-52-44-43(51)42(50)41(49)39(35-46)53-44)38(47)33-31-29-27-25-23-14-12-10-8-6-4-2/h23,25,37-39,41-44,46-47,49-51H,3-22,24,26-36H2,1-2H3,(H,45,48)/b25-23+/t37-,38+,39-,41-,42?,43?,44-/m0/s1. The summed E-state index contributed by atoms with van der Waals surface area (Å²) in [5.41, 5.74) is 0. The van der Waals surface area contributed by atoms with Crippen molar-refractivity contribution < 1.29 is 39.8 Å². The Balaban J connectivity index is 2.30. The van der Waals surface area contributed by atoms with Gasteiger partial charge in [0.1, 0.15) is 24.4 Å². The molecule has 1 amide bonds. The van der Waals surface area contributed by atoms with Gasteiger partial charge in [0, 0.05) is 6.42 Å². The first-order valence-electron chi connectivity index (χ1n) is 22.4. The topological polar surface area (TPSA) is 149 Å². The van der Waals surface area contributed by atoms with E-state index in [2.05, 4.69) is 31.3 Å². The fraction of sp³-hybridized carbons (Fsp3) is 0.932. The van der Waals surface area contributed by atoms with Gasteiger partial charge in [-0.3, -0.25) is 4.79 Å². The van der Waals surface area contributed by atoms with Crippen molar-refractivity contribution in [2.45, 2.75) is 249 Å². The number of aliphatic hydroxyl groups is 5. The van der Waals surface area contributed by atoms with Crippen molar-refractivity contribution in [1.29, 1.82) is 0 Å². The van der Waals surface area contributed by atoms with Crippen LogP contribution in [0, 0.1) is 0 Å². The van der Waals surface area contributed by atoms with Crippen molar-refractivity contribution in [1.82, 2.24) is 5.32 Å². The van der Waals surface area contributed by atoms with Gasteiger partial charge in [-0.25, -0.2) is 0 Å². The monoisotopic (exact) mass is 756 g/mol. The molecule has 1 saturated heterocycles. The molecule has 7 atom stereocenters. The maximum Gasteiger partial charge on any atom is 0.220 e. The third-order valence-electron chi connectivity index (χ3n) is 10.9. The van der Waals surface area contributed by atoms with Crippen LogP contribution in [0.2, 0.25) is 0 Å². The van der Waals surface area contributed by atoms with Crippen LogP contribution in [0.1, 0.15) is 206 Å². The lowest BCUT2D eigenvalue weighted by atomic mass is 9.99. The highest BCUT2D eigenvalue weighted by Crippen LogP contribution is 2.23. The van der Waals surface area contributed by atoms with Crippen LogP contribution >= 0.6 is 0 Å². The van der Waals surface area contributed by atoms with E-state index in [0.29, 0.717) is 12.8 Å². The van der Waals surface area contributed by atoms with Gasteiger partial charge < -0.3 is 40.3 Å². The largest absolute Gasteiger partial charge is 0.394 e. The van der Waals surface area contributed by atoms with Crippen LogP contribution in [0.25, 0.3) is 0 Å². The average molecular weight is 756 g/mol. The number of amides is 1. The van der Waals surface area contributed by atoms with Crippen molar-refractivity contribution in [2.75, 3.05) is 13.2 Å². The van der Waals surface area contributed by atoms with Crippen LogP contribution in [0.3, 0.4) is 0 Å². The van der Waals surface area contributed by atoms with Gasteiger partial charge >= 0.3 is 0 Å². The van der Waals surface area contributed by atoms with E-state index >= 15 is 0 Å². The van der Waals surface area contributed by atoms with Crippen LogP contribution in [0.4, 0.5) is 0 Å². The number of rotatable bonds is 37. The summed E-state index contributed by atoms with van der Waals surface area (Å²) in [7, 11) is 0. The Hall–Kier alpha value is -1.07. The van der Waals surface area contributed by atoms with Crippen molar-refractivity contribution >= 4 is 5.91 Å². The molecule has 1 aliphatic heterocycles. The van der Waals surface area contributed by atoms with Crippen LogP contribution in [-0.2, 0) is 14.3 Å². The fourth-order valence-corrected chi connectivity index (χ4v) is 7.21. The molecule has 6 N–H and O–H groups in total. The molecular formula is C44H85NO8. The number of carbonyl (C=O) groups is 1. The molecule has 0 bridgehead atoms. The number of allylic oxidation sites excluding steroid dienone is 2. The maximum absolute atomic E-state index is 12.9. The normalized spacial score (nSPS) is 21.7. The summed E-state index contributed by atoms with van der Waals surface area (Å²) in [6, 6.07) is -0.728. The molecule has 9 nitrogen and oxygen atoms in total. The van der Waals surface area contributed by atoms with E-state index in [1.54, 1.807) is 0 Å². The lowest BCUT2D eigenvalue weighted by molar-refractivity contribution is -0.302. The molecule has 0 aromatic heterocycles. The van der Waals surface area contributed by atoms with Crippen LogP contribution < -0.4 is 5.32 Å². The Kier molecular flexibility index (Phi) is 33.3. The van der Waals surface area contributed by atoms with Gasteiger partial charge in [0.25, 0.3) is 0 Å². The molecule has 53 heavy (non-hydrogen) atoms. The number of nitrogens with one attached hydrogen (secondary N) is 1. The molecule has 0 saturated carbocycles. The van der Waals surface area contributed by atoms with Crippen molar-refractivity contribution in [2.24, 2.45) is 0 Å². The second kappa shape index (κ2) is 35.4. The van der Waals surface area contributed by atoms with Gasteiger partial charge in [-0.05, 0) is 38.5 Å². The zero-order valence-corrected chi connectivity index (χ0v) is 34.3. The predicted octanol–water partition coefficient (Wildman–Crippen LogP) is 8.95. The van der Waals surface area contributed by atoms with Crippen molar-refractivity contribution in [3.63, 3.8) is 0 Å². The molecule has 1 fully saturated rings. The van der Waals surface area contributed by atoms with E-state index in [-0.39, 0.29) is 12.5 Å². The third-order valence-corrected chi connectivity index (χ3v) is 10.9. The Morgan fingerprint density at radius 3 is 1.53 bits per heavy atom. The number of hydrogen-bond donors (Lipinski definition) is 6. The lowest BCUT2D eigenvalue weighted by Crippen LogP contribution is -2.60. The maximum atomic E-state index is 12.9. The summed E-state index contributed by atoms with van der Waals surface area (Å²) >= 11 is 0. The van der Waals surface area contributed by atoms with Gasteiger partial charge in [-0.2, -0.15) is 0 Å². The Labute approximate surface area is 325 Å². The Bertz CT molecular complexity index is 842. The minimum absolute atomic E-state index is 0.146. The van der Waals surface area contributed by atoms with Crippen LogP contribution in [-0.4, -0.2) is 87.5 Å². The Morgan fingerprint density at radius 1 is 0.623 bits per heavy atom. The molecule has 1 rings (SSSR count). The quantitative estimate of drug-likeness (QED) is 0.0272. The first-order chi connectivity index (χ1) is 25.8. The summed E-state index contributed by atoms with van der Waals surface area (Å²) in [5, 5.41) is 54.2. The number of carbonyl (C=O) groups excluding carboxylic acids is 1. The molecule has 1 heterocycles. The average Bonchev–Trinajstić information content (AvgIpc) is 3.16. The number of unbranched alkanes of at least 4 members (excludes halogenated alkanes) is 25. The van der Waals surface area contributed by atoms with Gasteiger partial charge in [0.15, 0.2) is 6.29 Å². The van der Waals surface area contributed by atoms with Gasteiger partial charge in [0.05, 0.1) is 25.4 Å². The van der Waals surface area contributed by atoms with Crippen molar-refractivity contribution in [3.05, 3.63) is 12.2 Å². The van der Waals surface area contributed by atoms with Crippen molar-refractivity contribution in [3.8, 4) is 0 Å². The van der Waals surface area contributed by atoms with Crippen LogP contribution in [0.15, 0.2) is 12.2 Å². The van der Waals surface area contributed by atoms with Gasteiger partial charge in [-0.1, -0.05) is 174 Å². The highest BCUT2D eigenvalue weighted by atomic mass is 16.7. The summed E-state index contributed by atoms with van der Waals surface area (Å²) in [6.45, 7) is 3.80. The second-order valence-corrected chi connectivity index (χ2v) is 15.8. The zero-order valence-electron chi connectivity index (χ0n) is 34.3. The molecule has 9 heteroatoms. The summed E-state index contributed by atoms with van der Waals surface area (Å²) in [5.74, 6) is -0.153. The van der Waals surface area contributed by atoms with E-state index in [1.807, 2.05) is 0 Å². The lowest BCUT2D eigenvalue weighted by Gasteiger charge is -2.40. The van der Waals surface area contributed by atoms with E-state index in [0.717, 1.165) is 44.9 Å². The third kappa shape index (κ3) is 26.4. The predicted molar refractivity (Wildman–Crippen MR) is 217 cm³/mol. The smallest absolute Gasteiger partial charge is 0.220 e. The molecule has 0 aromatic rings. The zero-order chi connectivity index (χ0) is 38.8. The fourth-order valence-electron chi connectivity index (χ4n) is 7.21. The highest BCUT2D eigenvalue weighted by Gasteiger charge is 2.44. The molecule has 0 spiro atoms. The number of hydrogen-bond acceptors (Lipinski definition) is 8. The summed E-state index contributed by atoms with van der Waals surface area (Å²) in [4.78, 5) is 12.9. The van der Waals surface area contributed by atoms with E-state index < -0.39 is 49.5 Å². The molecular weight excluding hydrogens is 670 g/mol. The molecule has 314 valence electrons. The van der Waals surface area contributed by atoms with Gasteiger partial charge in [-0.15, -0.1) is 0 Å². The minimum Gasteiger partial charge on any atom is -0.394 e. The van der Waals surface area contributed by atoms with Crippen LogP contribution in [0.5, 0.6) is 0 Å². The molecule has 0 aliphatic carbocycles. The number of ether oxygens (including phenoxy) is 2. The molecule has 1 aliphatic rings.